The maximum absolute atomic E-state index is 13.4. The van der Waals surface area contributed by atoms with Gasteiger partial charge in [0.2, 0.25) is 0 Å². The van der Waals surface area contributed by atoms with Crippen LogP contribution in [0.5, 0.6) is 5.75 Å². The van der Waals surface area contributed by atoms with Crippen LogP contribution < -0.4 is 10.1 Å². The Balaban J connectivity index is 1.92. The Labute approximate surface area is 119 Å². The van der Waals surface area contributed by atoms with Crippen LogP contribution in [0.3, 0.4) is 0 Å². The molecule has 19 heavy (non-hydrogen) atoms. The summed E-state index contributed by atoms with van der Waals surface area (Å²) in [5.41, 5.74) is -0.110. The van der Waals surface area contributed by atoms with Crippen LogP contribution in [-0.2, 0) is 0 Å². The average molecular weight is 286 g/mol. The molecule has 0 amide bonds. The molecule has 0 spiro atoms. The molecule has 4 heteroatoms. The molecule has 1 fully saturated rings. The number of ether oxygens (including phenoxy) is 1. The highest BCUT2D eigenvalue weighted by Crippen LogP contribution is 2.39. The Morgan fingerprint density at radius 3 is 2.74 bits per heavy atom. The number of halogens is 2. The molecule has 106 valence electrons. The van der Waals surface area contributed by atoms with Crippen LogP contribution in [0.4, 0.5) is 4.39 Å². The zero-order valence-corrected chi connectivity index (χ0v) is 12.1. The van der Waals surface area contributed by atoms with Gasteiger partial charge in [-0.05, 0) is 57.3 Å². The second-order valence-corrected chi connectivity index (χ2v) is 5.62. The lowest BCUT2D eigenvalue weighted by atomic mass is 9.77. The molecule has 2 rings (SSSR count). The van der Waals surface area contributed by atoms with E-state index in [2.05, 4.69) is 12.2 Å². The normalized spacial score (nSPS) is 17.0. The van der Waals surface area contributed by atoms with Crippen molar-refractivity contribution in [3.63, 3.8) is 0 Å². The second-order valence-electron chi connectivity index (χ2n) is 5.21. The van der Waals surface area contributed by atoms with Crippen molar-refractivity contribution in [2.45, 2.75) is 44.6 Å². The molecule has 1 aromatic carbocycles. The number of rotatable bonds is 7. The van der Waals surface area contributed by atoms with Gasteiger partial charge in [-0.1, -0.05) is 18.5 Å². The minimum atomic E-state index is -0.419. The van der Waals surface area contributed by atoms with Crippen molar-refractivity contribution >= 4 is 11.6 Å². The minimum absolute atomic E-state index is 0.110. The third kappa shape index (κ3) is 3.83. The van der Waals surface area contributed by atoms with Crippen molar-refractivity contribution in [1.82, 2.24) is 5.32 Å². The van der Waals surface area contributed by atoms with Crippen LogP contribution in [0.25, 0.3) is 0 Å². The fraction of sp³-hybridized carbons (Fsp3) is 0.600. The number of hydrogen-bond acceptors (Lipinski definition) is 2. The lowest BCUT2D eigenvalue weighted by Crippen LogP contribution is -2.45. The molecule has 0 heterocycles. The van der Waals surface area contributed by atoms with Gasteiger partial charge in [0, 0.05) is 6.07 Å². The zero-order valence-electron chi connectivity index (χ0n) is 11.3. The predicted octanol–water partition coefficient (Wildman–Crippen LogP) is 4.17. The van der Waals surface area contributed by atoms with E-state index in [9.17, 15) is 4.39 Å². The van der Waals surface area contributed by atoms with Gasteiger partial charge < -0.3 is 10.1 Å². The fourth-order valence-corrected chi connectivity index (χ4v) is 2.50. The minimum Gasteiger partial charge on any atom is -0.487 e. The molecule has 2 nitrogen and oxygen atoms in total. The van der Waals surface area contributed by atoms with E-state index in [1.54, 1.807) is 12.1 Å². The quantitative estimate of drug-likeness (QED) is 0.759. The third-order valence-corrected chi connectivity index (χ3v) is 3.98. The summed E-state index contributed by atoms with van der Waals surface area (Å²) >= 11 is 5.68. The van der Waals surface area contributed by atoms with E-state index in [0.29, 0.717) is 5.75 Å². The maximum atomic E-state index is 13.4. The first-order valence-electron chi connectivity index (χ1n) is 7.00. The Kier molecular flexibility index (Phi) is 5.06. The van der Waals surface area contributed by atoms with E-state index >= 15 is 0 Å². The van der Waals surface area contributed by atoms with E-state index in [1.165, 1.54) is 12.5 Å². The molecular formula is C15H21ClFNO. The summed E-state index contributed by atoms with van der Waals surface area (Å²) in [6.45, 7) is 4.13. The van der Waals surface area contributed by atoms with Gasteiger partial charge in [0.15, 0.2) is 0 Å². The van der Waals surface area contributed by atoms with E-state index in [1.807, 2.05) is 0 Å². The summed E-state index contributed by atoms with van der Waals surface area (Å²) in [5.74, 6) is 0.162. The Hall–Kier alpha value is -0.800. The molecule has 0 bridgehead atoms. The van der Waals surface area contributed by atoms with Gasteiger partial charge in [0.1, 0.15) is 17.2 Å². The molecule has 0 saturated heterocycles. The van der Waals surface area contributed by atoms with Crippen LogP contribution in [0.15, 0.2) is 18.2 Å². The van der Waals surface area contributed by atoms with E-state index < -0.39 is 5.82 Å². The molecule has 0 aromatic heterocycles. The van der Waals surface area contributed by atoms with Crippen LogP contribution in [0.1, 0.15) is 39.0 Å². The van der Waals surface area contributed by atoms with Gasteiger partial charge >= 0.3 is 0 Å². The first-order valence-corrected chi connectivity index (χ1v) is 7.38. The van der Waals surface area contributed by atoms with Gasteiger partial charge in [-0.3, -0.25) is 0 Å². The summed E-state index contributed by atoms with van der Waals surface area (Å²) in [4.78, 5) is 0. The van der Waals surface area contributed by atoms with Crippen molar-refractivity contribution in [2.75, 3.05) is 13.1 Å². The molecule has 1 saturated carbocycles. The molecule has 1 aliphatic carbocycles. The first-order chi connectivity index (χ1) is 9.15. The Bertz CT molecular complexity index is 421. The third-order valence-electron chi connectivity index (χ3n) is 3.67. The largest absolute Gasteiger partial charge is 0.487 e. The van der Waals surface area contributed by atoms with E-state index in [4.69, 9.17) is 16.3 Å². The van der Waals surface area contributed by atoms with Crippen molar-refractivity contribution in [3.05, 3.63) is 29.0 Å². The summed E-state index contributed by atoms with van der Waals surface area (Å²) in [5, 5.41) is 3.53. The van der Waals surface area contributed by atoms with Crippen molar-refractivity contribution in [3.8, 4) is 5.75 Å². The van der Waals surface area contributed by atoms with Crippen molar-refractivity contribution in [2.24, 2.45) is 0 Å². The number of nitrogens with one attached hydrogen (secondary N) is 1. The maximum Gasteiger partial charge on any atom is 0.145 e. The van der Waals surface area contributed by atoms with Crippen LogP contribution in [0.2, 0.25) is 5.02 Å². The molecule has 0 aliphatic heterocycles. The SMILES string of the molecule is CCCNCCC1(Oc2ccc(Cl)c(F)c2)CCC1. The summed E-state index contributed by atoms with van der Waals surface area (Å²) in [6, 6.07) is 4.67. The molecule has 1 aromatic rings. The van der Waals surface area contributed by atoms with E-state index in [0.717, 1.165) is 38.8 Å². The lowest BCUT2D eigenvalue weighted by molar-refractivity contribution is -0.0143. The van der Waals surface area contributed by atoms with Gasteiger partial charge in [0.25, 0.3) is 0 Å². The lowest BCUT2D eigenvalue weighted by Gasteiger charge is -2.42. The summed E-state index contributed by atoms with van der Waals surface area (Å²) in [7, 11) is 0. The smallest absolute Gasteiger partial charge is 0.145 e. The fourth-order valence-electron chi connectivity index (χ4n) is 2.38. The number of hydrogen-bond donors (Lipinski definition) is 1. The highest BCUT2D eigenvalue weighted by molar-refractivity contribution is 6.30. The summed E-state index contributed by atoms with van der Waals surface area (Å²) < 4.78 is 19.4. The highest BCUT2D eigenvalue weighted by atomic mass is 35.5. The van der Waals surface area contributed by atoms with Crippen LogP contribution in [-0.4, -0.2) is 18.7 Å². The van der Waals surface area contributed by atoms with Gasteiger partial charge in [-0.25, -0.2) is 4.39 Å². The van der Waals surface area contributed by atoms with Crippen molar-refractivity contribution < 1.29 is 9.13 Å². The molecule has 1 N–H and O–H groups in total. The zero-order chi connectivity index (χ0) is 13.7. The predicted molar refractivity (Wildman–Crippen MR) is 76.4 cm³/mol. The number of benzene rings is 1. The molecule has 0 atom stereocenters. The first kappa shape index (κ1) is 14.6. The van der Waals surface area contributed by atoms with Gasteiger partial charge in [-0.15, -0.1) is 0 Å². The highest BCUT2D eigenvalue weighted by Gasteiger charge is 2.38. The summed E-state index contributed by atoms with van der Waals surface area (Å²) in [6.07, 6.45) is 5.38. The van der Waals surface area contributed by atoms with Crippen LogP contribution >= 0.6 is 11.6 Å². The molecule has 0 radical (unpaired) electrons. The Morgan fingerprint density at radius 1 is 1.37 bits per heavy atom. The molecular weight excluding hydrogens is 265 g/mol. The van der Waals surface area contributed by atoms with Gasteiger partial charge in [-0.2, -0.15) is 0 Å². The van der Waals surface area contributed by atoms with Crippen LogP contribution in [0, 0.1) is 5.82 Å². The topological polar surface area (TPSA) is 21.3 Å². The van der Waals surface area contributed by atoms with E-state index in [-0.39, 0.29) is 10.6 Å². The molecule has 1 aliphatic rings. The average Bonchev–Trinajstić information content (AvgIpc) is 2.35. The Morgan fingerprint density at radius 2 is 2.16 bits per heavy atom. The van der Waals surface area contributed by atoms with Crippen molar-refractivity contribution in [1.29, 1.82) is 0 Å². The standard InChI is InChI=1S/C15H21ClFNO/c1-2-9-18-10-8-15(6-3-7-15)19-12-4-5-13(16)14(17)11-12/h4-5,11,18H,2-3,6-10H2,1H3. The van der Waals surface area contributed by atoms with Gasteiger partial charge in [0.05, 0.1) is 5.02 Å². The molecule has 0 unspecified atom stereocenters. The second kappa shape index (κ2) is 6.58. The monoisotopic (exact) mass is 285 g/mol.